The number of nitrogens with zero attached hydrogens (tertiary/aromatic N) is 1. The predicted molar refractivity (Wildman–Crippen MR) is 85.6 cm³/mol. The van der Waals surface area contributed by atoms with Crippen molar-refractivity contribution in [2.45, 2.75) is 59.0 Å². The van der Waals surface area contributed by atoms with E-state index in [1.54, 1.807) is 7.11 Å². The first-order valence-electron chi connectivity index (χ1n) is 7.85. The zero-order valence-corrected chi connectivity index (χ0v) is 14.0. The Bertz CT molecular complexity index is 225. The quantitative estimate of drug-likeness (QED) is 0.517. The number of hydrogen-bond acceptors (Lipinski definition) is 2. The first-order valence-corrected chi connectivity index (χ1v) is 7.85. The molecule has 0 saturated heterocycles. The first kappa shape index (κ1) is 18.7. The lowest BCUT2D eigenvalue weighted by Gasteiger charge is -2.24. The van der Waals surface area contributed by atoms with Crippen molar-refractivity contribution in [1.82, 2.24) is 4.90 Å². The molecule has 2 heteroatoms. The Kier molecular flexibility index (Phi) is 11.3. The van der Waals surface area contributed by atoms with Crippen molar-refractivity contribution in [2.75, 3.05) is 27.7 Å². The molecule has 0 aromatic carbocycles. The second-order valence-electron chi connectivity index (χ2n) is 6.06. The summed E-state index contributed by atoms with van der Waals surface area (Å²) in [6, 6.07) is 0. The predicted octanol–water partition coefficient (Wildman–Crippen LogP) is 4.36. The third kappa shape index (κ3) is 10.1. The molecule has 0 aliphatic rings. The summed E-state index contributed by atoms with van der Waals surface area (Å²) in [4.78, 5) is 2.29. The molecule has 0 saturated carbocycles. The highest BCUT2D eigenvalue weighted by Crippen LogP contribution is 2.25. The summed E-state index contributed by atoms with van der Waals surface area (Å²) in [6.45, 7) is 8.01. The average molecular weight is 269 g/mol. The van der Waals surface area contributed by atoms with Crippen LogP contribution < -0.4 is 0 Å². The van der Waals surface area contributed by atoms with Gasteiger partial charge in [0.1, 0.15) is 0 Å². The summed E-state index contributed by atoms with van der Waals surface area (Å²) in [5.41, 5.74) is 0. The molecule has 0 rings (SSSR count). The maximum atomic E-state index is 5.22. The van der Waals surface area contributed by atoms with Crippen LogP contribution in [0.4, 0.5) is 0 Å². The van der Waals surface area contributed by atoms with Gasteiger partial charge in [-0.05, 0) is 58.7 Å². The lowest BCUT2D eigenvalue weighted by molar-refractivity contribution is 0.156. The molecule has 0 spiro atoms. The minimum Gasteiger partial charge on any atom is -0.378 e. The molecule has 0 aromatic heterocycles. The zero-order chi connectivity index (χ0) is 14.7. The highest BCUT2D eigenvalue weighted by molar-refractivity contribution is 4.87. The molecule has 3 unspecified atom stereocenters. The van der Waals surface area contributed by atoms with E-state index in [4.69, 9.17) is 4.74 Å². The van der Waals surface area contributed by atoms with Crippen LogP contribution in [0.5, 0.6) is 0 Å². The Labute approximate surface area is 121 Å². The Morgan fingerprint density at radius 2 is 1.79 bits per heavy atom. The molecule has 19 heavy (non-hydrogen) atoms. The van der Waals surface area contributed by atoms with Crippen molar-refractivity contribution < 1.29 is 4.74 Å². The standard InChI is InChI=1S/C17H35NO/c1-7-10-17(15(2)13-14-18(4)5)12-9-8-11-16(3)19-6/h8,11,15-17H,7,9-10,12-14H2,1-6H3/b11-8-. The summed E-state index contributed by atoms with van der Waals surface area (Å²) in [5, 5.41) is 0. The van der Waals surface area contributed by atoms with Gasteiger partial charge in [0.05, 0.1) is 6.10 Å². The average Bonchev–Trinajstić information content (AvgIpc) is 2.39. The van der Waals surface area contributed by atoms with Crippen molar-refractivity contribution in [3.8, 4) is 0 Å². The van der Waals surface area contributed by atoms with E-state index in [-0.39, 0.29) is 6.10 Å². The van der Waals surface area contributed by atoms with Gasteiger partial charge in [-0.1, -0.05) is 38.8 Å². The van der Waals surface area contributed by atoms with E-state index in [0.717, 1.165) is 11.8 Å². The van der Waals surface area contributed by atoms with Crippen LogP contribution in [0, 0.1) is 11.8 Å². The summed E-state index contributed by atoms with van der Waals surface area (Å²) in [6.07, 6.45) is 11.2. The molecular weight excluding hydrogens is 234 g/mol. The van der Waals surface area contributed by atoms with Crippen molar-refractivity contribution in [3.05, 3.63) is 12.2 Å². The summed E-state index contributed by atoms with van der Waals surface area (Å²) in [5.74, 6) is 1.70. The Hall–Kier alpha value is -0.340. The zero-order valence-electron chi connectivity index (χ0n) is 14.0. The van der Waals surface area contributed by atoms with Gasteiger partial charge in [0.25, 0.3) is 0 Å². The third-order valence-electron chi connectivity index (χ3n) is 3.98. The molecule has 0 radical (unpaired) electrons. The summed E-state index contributed by atoms with van der Waals surface area (Å²) < 4.78 is 5.22. The van der Waals surface area contributed by atoms with E-state index in [9.17, 15) is 0 Å². The number of hydrogen-bond donors (Lipinski definition) is 0. The van der Waals surface area contributed by atoms with Gasteiger partial charge in [0, 0.05) is 7.11 Å². The van der Waals surface area contributed by atoms with Crippen LogP contribution in [-0.2, 0) is 4.74 Å². The van der Waals surface area contributed by atoms with E-state index in [1.807, 2.05) is 0 Å². The smallest absolute Gasteiger partial charge is 0.0723 e. The van der Waals surface area contributed by atoms with Gasteiger partial charge in [-0.2, -0.15) is 0 Å². The highest BCUT2D eigenvalue weighted by atomic mass is 16.5. The minimum absolute atomic E-state index is 0.246. The molecular formula is C17H35NO. The van der Waals surface area contributed by atoms with Crippen LogP contribution in [0.1, 0.15) is 52.9 Å². The van der Waals surface area contributed by atoms with Gasteiger partial charge in [-0.15, -0.1) is 0 Å². The molecule has 2 nitrogen and oxygen atoms in total. The molecule has 3 atom stereocenters. The van der Waals surface area contributed by atoms with E-state index < -0.39 is 0 Å². The van der Waals surface area contributed by atoms with E-state index in [0.29, 0.717) is 0 Å². The van der Waals surface area contributed by atoms with Crippen LogP contribution in [-0.4, -0.2) is 38.8 Å². The molecule has 0 bridgehead atoms. The number of allylic oxidation sites excluding steroid dienone is 1. The third-order valence-corrected chi connectivity index (χ3v) is 3.98. The fourth-order valence-corrected chi connectivity index (χ4v) is 2.46. The van der Waals surface area contributed by atoms with E-state index in [2.05, 4.69) is 51.9 Å². The maximum Gasteiger partial charge on any atom is 0.0723 e. The van der Waals surface area contributed by atoms with Crippen LogP contribution in [0.2, 0.25) is 0 Å². The van der Waals surface area contributed by atoms with Crippen LogP contribution in [0.25, 0.3) is 0 Å². The Morgan fingerprint density at radius 1 is 1.11 bits per heavy atom. The van der Waals surface area contributed by atoms with Crippen molar-refractivity contribution in [3.63, 3.8) is 0 Å². The van der Waals surface area contributed by atoms with Gasteiger partial charge in [-0.3, -0.25) is 0 Å². The second kappa shape index (κ2) is 11.5. The first-order chi connectivity index (χ1) is 9.01. The Balaban J connectivity index is 4.06. The highest BCUT2D eigenvalue weighted by Gasteiger charge is 2.15. The van der Waals surface area contributed by atoms with Crippen LogP contribution in [0.15, 0.2) is 12.2 Å². The van der Waals surface area contributed by atoms with Gasteiger partial charge in [-0.25, -0.2) is 0 Å². The van der Waals surface area contributed by atoms with E-state index in [1.165, 1.54) is 38.6 Å². The molecule has 0 fully saturated rings. The number of rotatable bonds is 11. The Morgan fingerprint density at radius 3 is 2.32 bits per heavy atom. The molecule has 114 valence electrons. The van der Waals surface area contributed by atoms with Gasteiger partial charge < -0.3 is 9.64 Å². The number of ether oxygens (including phenoxy) is 1. The fourth-order valence-electron chi connectivity index (χ4n) is 2.46. The van der Waals surface area contributed by atoms with Crippen molar-refractivity contribution in [2.24, 2.45) is 11.8 Å². The van der Waals surface area contributed by atoms with Crippen molar-refractivity contribution >= 4 is 0 Å². The van der Waals surface area contributed by atoms with Crippen LogP contribution in [0.3, 0.4) is 0 Å². The number of methoxy groups -OCH3 is 1. The summed E-state index contributed by atoms with van der Waals surface area (Å²) >= 11 is 0. The fraction of sp³-hybridized carbons (Fsp3) is 0.882. The monoisotopic (exact) mass is 269 g/mol. The molecule has 0 aliphatic carbocycles. The molecule has 0 heterocycles. The molecule has 0 aromatic rings. The van der Waals surface area contributed by atoms with Crippen molar-refractivity contribution in [1.29, 1.82) is 0 Å². The second-order valence-corrected chi connectivity index (χ2v) is 6.06. The lowest BCUT2D eigenvalue weighted by Crippen LogP contribution is -2.20. The minimum atomic E-state index is 0.246. The van der Waals surface area contributed by atoms with E-state index >= 15 is 0 Å². The van der Waals surface area contributed by atoms with Crippen LogP contribution >= 0.6 is 0 Å². The van der Waals surface area contributed by atoms with Gasteiger partial charge in [0.15, 0.2) is 0 Å². The largest absolute Gasteiger partial charge is 0.378 e. The van der Waals surface area contributed by atoms with Gasteiger partial charge >= 0.3 is 0 Å². The topological polar surface area (TPSA) is 12.5 Å². The normalized spacial score (nSPS) is 17.0. The molecule has 0 N–H and O–H groups in total. The van der Waals surface area contributed by atoms with Gasteiger partial charge in [0.2, 0.25) is 0 Å². The molecule has 0 aliphatic heterocycles. The lowest BCUT2D eigenvalue weighted by atomic mass is 9.84. The SMILES string of the molecule is CCCC(CC/C=C\C(C)OC)C(C)CCN(C)C. The summed E-state index contributed by atoms with van der Waals surface area (Å²) in [7, 11) is 6.09. The molecule has 0 amide bonds. The maximum absolute atomic E-state index is 5.22.